The zero-order valence-corrected chi connectivity index (χ0v) is 24.4. The first-order valence-corrected chi connectivity index (χ1v) is 13.5. The fraction of sp³-hybridized carbons (Fsp3) is 0.182. The van der Waals surface area contributed by atoms with Gasteiger partial charge in [-0.15, -0.1) is 0 Å². The van der Waals surface area contributed by atoms with E-state index in [0.717, 1.165) is 0 Å². The number of sulfonamides is 1. The van der Waals surface area contributed by atoms with Gasteiger partial charge in [-0.05, 0) is 11.6 Å². The van der Waals surface area contributed by atoms with Crippen molar-refractivity contribution in [1.29, 1.82) is 0 Å². The van der Waals surface area contributed by atoms with Crippen molar-refractivity contribution in [2.24, 2.45) is 0 Å². The van der Waals surface area contributed by atoms with Crippen molar-refractivity contribution in [3.63, 3.8) is 0 Å². The van der Waals surface area contributed by atoms with Crippen molar-refractivity contribution in [2.45, 2.75) is 5.75 Å². The minimum atomic E-state index is -4.14. The Morgan fingerprint density at radius 3 is 2.10 bits per heavy atom. The summed E-state index contributed by atoms with van der Waals surface area (Å²) in [6.07, 6.45) is 0. The predicted octanol–water partition coefficient (Wildman–Crippen LogP) is 3.25. The normalized spacial score (nSPS) is 10.5. The van der Waals surface area contributed by atoms with E-state index in [0.29, 0.717) is 0 Å². The highest BCUT2D eigenvalue weighted by Gasteiger charge is 2.21. The standard InChI is InChI=1S/C16H18N4O7S.C6H3Cl3N2O2/c1-25-12-8-13(26-2)18-15(17-12)19-16(22)20-28(23,24)9-10-6-4-5-7-11(10)14(21)27-3;7-1-3(10)2(8)5(9)11-4(1)6(12)13/h4-8H,9H2,1-3H3,(H2,17,18,19,20,22);(H2,10,11)(H,12,13). The molecule has 0 spiro atoms. The van der Waals surface area contributed by atoms with E-state index in [1.165, 1.54) is 39.5 Å². The molecule has 41 heavy (non-hydrogen) atoms. The molecule has 0 unspecified atom stereocenters. The number of nitrogens with two attached hydrogens (primary N) is 1. The average Bonchev–Trinajstić information content (AvgIpc) is 2.92. The van der Waals surface area contributed by atoms with Crippen molar-refractivity contribution in [2.75, 3.05) is 32.4 Å². The Morgan fingerprint density at radius 2 is 1.56 bits per heavy atom. The number of methoxy groups -OCH3 is 3. The number of halogens is 3. The lowest BCUT2D eigenvalue weighted by molar-refractivity contribution is 0.0598. The van der Waals surface area contributed by atoms with Crippen LogP contribution >= 0.6 is 34.8 Å². The maximum atomic E-state index is 12.3. The highest BCUT2D eigenvalue weighted by molar-refractivity contribution is 7.89. The van der Waals surface area contributed by atoms with Crippen molar-refractivity contribution >= 4 is 74.4 Å². The smallest absolute Gasteiger partial charge is 0.356 e. The number of anilines is 2. The summed E-state index contributed by atoms with van der Waals surface area (Å²) >= 11 is 16.6. The summed E-state index contributed by atoms with van der Waals surface area (Å²) in [7, 11) is -0.243. The van der Waals surface area contributed by atoms with Crippen molar-refractivity contribution < 1.29 is 42.1 Å². The number of carbonyl (C=O) groups excluding carboxylic acids is 2. The largest absolute Gasteiger partial charge is 0.481 e. The van der Waals surface area contributed by atoms with Crippen LogP contribution < -0.4 is 25.2 Å². The van der Waals surface area contributed by atoms with Crippen molar-refractivity contribution in [3.8, 4) is 11.8 Å². The van der Waals surface area contributed by atoms with Crippen LogP contribution in [0.2, 0.25) is 15.2 Å². The zero-order valence-electron chi connectivity index (χ0n) is 21.3. The maximum Gasteiger partial charge on any atom is 0.356 e. The number of nitrogen functional groups attached to an aromatic ring is 1. The molecular formula is C22H21Cl3N6O9S. The lowest BCUT2D eigenvalue weighted by Gasteiger charge is -2.11. The number of hydrogen-bond donors (Lipinski definition) is 4. The summed E-state index contributed by atoms with van der Waals surface area (Å²) in [5.41, 5.74) is 5.13. The molecule has 0 saturated carbocycles. The summed E-state index contributed by atoms with van der Waals surface area (Å²) in [5.74, 6) is -2.62. The first-order valence-electron chi connectivity index (χ1n) is 10.7. The van der Waals surface area contributed by atoms with Crippen LogP contribution in [0.5, 0.6) is 11.8 Å². The molecule has 2 heterocycles. The van der Waals surface area contributed by atoms with Gasteiger partial charge in [-0.25, -0.2) is 32.5 Å². The van der Waals surface area contributed by atoms with Gasteiger partial charge >= 0.3 is 18.0 Å². The van der Waals surface area contributed by atoms with E-state index >= 15 is 0 Å². The molecule has 3 rings (SSSR count). The van der Waals surface area contributed by atoms with Crippen LogP contribution in [0.25, 0.3) is 0 Å². The first kappa shape index (κ1) is 33.1. The Labute approximate surface area is 247 Å². The number of nitrogens with one attached hydrogen (secondary N) is 2. The summed E-state index contributed by atoms with van der Waals surface area (Å²) < 4.78 is 40.9. The highest BCUT2D eigenvalue weighted by Crippen LogP contribution is 2.34. The number of carbonyl (C=O) groups is 3. The van der Waals surface area contributed by atoms with Gasteiger partial charge in [0.2, 0.25) is 27.7 Å². The number of aromatic carboxylic acids is 1. The van der Waals surface area contributed by atoms with Crippen molar-refractivity contribution in [1.82, 2.24) is 19.7 Å². The van der Waals surface area contributed by atoms with Gasteiger partial charge in [-0.1, -0.05) is 53.0 Å². The summed E-state index contributed by atoms with van der Waals surface area (Å²) in [4.78, 5) is 45.5. The van der Waals surface area contributed by atoms with Gasteiger partial charge in [0.05, 0.1) is 49.4 Å². The predicted molar refractivity (Wildman–Crippen MR) is 148 cm³/mol. The van der Waals surface area contributed by atoms with Crippen LogP contribution in [-0.4, -0.2) is 67.8 Å². The molecular weight excluding hydrogens is 631 g/mol. The van der Waals surface area contributed by atoms with Crippen LogP contribution in [0.4, 0.5) is 16.4 Å². The van der Waals surface area contributed by atoms with E-state index in [1.54, 1.807) is 12.1 Å². The molecule has 0 fully saturated rings. The third-order valence-corrected chi connectivity index (χ3v) is 6.94. The van der Waals surface area contributed by atoms with Crippen LogP contribution in [0.3, 0.4) is 0 Å². The van der Waals surface area contributed by atoms with Crippen LogP contribution in [0, 0.1) is 0 Å². The fourth-order valence-corrected chi connectivity index (χ4v) is 4.46. The number of carboxylic acid groups (broad SMARTS) is 1. The molecule has 5 N–H and O–H groups in total. The number of urea groups is 1. The lowest BCUT2D eigenvalue weighted by Crippen LogP contribution is -2.36. The molecule has 0 atom stereocenters. The molecule has 220 valence electrons. The Kier molecular flexibility index (Phi) is 11.7. The molecule has 1 aromatic carbocycles. The molecule has 2 aromatic heterocycles. The molecule has 3 aromatic rings. The number of benzene rings is 1. The van der Waals surface area contributed by atoms with Gasteiger partial charge in [-0.3, -0.25) is 5.32 Å². The minimum absolute atomic E-state index is 0.0448. The molecule has 0 aliphatic carbocycles. The lowest BCUT2D eigenvalue weighted by atomic mass is 10.1. The minimum Gasteiger partial charge on any atom is -0.481 e. The molecule has 0 aliphatic heterocycles. The quantitative estimate of drug-likeness (QED) is 0.203. The second-order valence-electron chi connectivity index (χ2n) is 7.34. The Morgan fingerprint density at radius 1 is 0.976 bits per heavy atom. The van der Waals surface area contributed by atoms with Crippen LogP contribution in [-0.2, 0) is 20.5 Å². The third-order valence-electron chi connectivity index (χ3n) is 4.61. The second kappa shape index (κ2) is 14.5. The van der Waals surface area contributed by atoms with E-state index in [1.807, 2.05) is 4.72 Å². The number of pyridine rings is 1. The SMILES string of the molecule is COC(=O)c1ccccc1CS(=O)(=O)NC(=O)Nc1nc(OC)cc(OC)n1.Nc1c(Cl)c(Cl)nc(C(=O)O)c1Cl. The summed E-state index contributed by atoms with van der Waals surface area (Å²) in [5, 5.41) is 10.3. The molecule has 15 nitrogen and oxygen atoms in total. The fourth-order valence-electron chi connectivity index (χ4n) is 2.81. The van der Waals surface area contributed by atoms with Gasteiger partial charge in [-0.2, -0.15) is 9.97 Å². The number of aromatic nitrogens is 3. The second-order valence-corrected chi connectivity index (χ2v) is 10.2. The van der Waals surface area contributed by atoms with Crippen LogP contribution in [0.15, 0.2) is 30.3 Å². The number of ether oxygens (including phenoxy) is 3. The monoisotopic (exact) mass is 650 g/mol. The van der Waals surface area contributed by atoms with Gasteiger partial charge in [0.25, 0.3) is 0 Å². The van der Waals surface area contributed by atoms with Crippen LogP contribution in [0.1, 0.15) is 26.4 Å². The van der Waals surface area contributed by atoms with E-state index in [9.17, 15) is 22.8 Å². The topological polar surface area (TPSA) is 222 Å². The van der Waals surface area contributed by atoms with Gasteiger partial charge < -0.3 is 25.1 Å². The van der Waals surface area contributed by atoms with E-state index < -0.39 is 39.4 Å². The van der Waals surface area contributed by atoms with Gasteiger partial charge in [0.1, 0.15) is 5.02 Å². The number of esters is 1. The molecule has 2 amide bonds. The van der Waals surface area contributed by atoms with E-state index in [2.05, 4.69) is 25.0 Å². The number of amides is 2. The molecule has 0 radical (unpaired) electrons. The average molecular weight is 652 g/mol. The molecule has 0 aliphatic rings. The maximum absolute atomic E-state index is 12.3. The number of rotatable bonds is 8. The third kappa shape index (κ3) is 9.21. The molecule has 0 saturated heterocycles. The summed E-state index contributed by atoms with van der Waals surface area (Å²) in [6.45, 7) is 0. The molecule has 0 bridgehead atoms. The zero-order chi connectivity index (χ0) is 30.9. The van der Waals surface area contributed by atoms with Gasteiger partial charge in [0, 0.05) is 0 Å². The highest BCUT2D eigenvalue weighted by atomic mass is 35.5. The Balaban J connectivity index is 0.000000377. The van der Waals surface area contributed by atoms with E-state index in [4.69, 9.17) is 55.1 Å². The first-order chi connectivity index (χ1) is 19.2. The Bertz CT molecular complexity index is 1550. The molecule has 19 heteroatoms. The number of carboxylic acids is 1. The number of nitrogens with zero attached hydrogens (tertiary/aromatic N) is 3. The van der Waals surface area contributed by atoms with E-state index in [-0.39, 0.29) is 49.7 Å². The Hall–Kier alpha value is -4.12. The number of hydrogen-bond acceptors (Lipinski definition) is 12. The van der Waals surface area contributed by atoms with Gasteiger partial charge in [0.15, 0.2) is 10.8 Å². The van der Waals surface area contributed by atoms with Crippen molar-refractivity contribution in [3.05, 3.63) is 62.4 Å². The summed E-state index contributed by atoms with van der Waals surface area (Å²) in [6, 6.07) is 6.28.